The van der Waals surface area contributed by atoms with Crippen LogP contribution in [0.3, 0.4) is 0 Å². The number of ether oxygens (including phenoxy) is 2. The number of aryl methyl sites for hydroxylation is 1. The molecule has 0 radical (unpaired) electrons. The highest BCUT2D eigenvalue weighted by molar-refractivity contribution is 6.31. The average molecular weight is 350 g/mol. The first-order chi connectivity index (χ1) is 11.4. The fourth-order valence-electron chi connectivity index (χ4n) is 1.93. The number of nitrogens with one attached hydrogen (secondary N) is 1. The molecule has 0 aliphatic carbocycles. The molecule has 0 unspecified atom stereocenters. The van der Waals surface area contributed by atoms with E-state index in [4.69, 9.17) is 21.1 Å². The molecule has 2 rings (SSSR count). The van der Waals surface area contributed by atoms with Crippen LogP contribution in [-0.2, 0) is 9.53 Å². The van der Waals surface area contributed by atoms with Gasteiger partial charge in [-0.15, -0.1) is 0 Å². The van der Waals surface area contributed by atoms with E-state index in [2.05, 4.69) is 5.32 Å². The molecular weight excluding hydrogens is 334 g/mol. The molecule has 7 heteroatoms. The van der Waals surface area contributed by atoms with Gasteiger partial charge in [-0.2, -0.15) is 0 Å². The number of phenols is 1. The van der Waals surface area contributed by atoms with Crippen molar-refractivity contribution in [2.24, 2.45) is 0 Å². The highest BCUT2D eigenvalue weighted by atomic mass is 35.5. The van der Waals surface area contributed by atoms with Crippen molar-refractivity contribution in [1.29, 1.82) is 0 Å². The Kier molecular flexibility index (Phi) is 5.65. The second-order valence-corrected chi connectivity index (χ2v) is 5.40. The quantitative estimate of drug-likeness (QED) is 0.810. The molecule has 2 aromatic carbocycles. The minimum Gasteiger partial charge on any atom is -0.507 e. The maximum absolute atomic E-state index is 12.0. The lowest BCUT2D eigenvalue weighted by atomic mass is 10.2. The average Bonchev–Trinajstić information content (AvgIpc) is 2.56. The molecule has 0 saturated heterocycles. The third kappa shape index (κ3) is 4.39. The van der Waals surface area contributed by atoms with Crippen molar-refractivity contribution in [3.63, 3.8) is 0 Å². The lowest BCUT2D eigenvalue weighted by molar-refractivity contribution is -0.119. The lowest BCUT2D eigenvalue weighted by Gasteiger charge is -2.10. The Morgan fingerprint density at radius 2 is 1.96 bits per heavy atom. The highest BCUT2D eigenvalue weighted by Gasteiger charge is 2.16. The normalized spacial score (nSPS) is 10.1. The van der Waals surface area contributed by atoms with Crippen LogP contribution >= 0.6 is 11.6 Å². The molecule has 24 heavy (non-hydrogen) atoms. The van der Waals surface area contributed by atoms with Crippen molar-refractivity contribution in [2.45, 2.75) is 6.92 Å². The molecule has 0 bridgehead atoms. The Hall–Kier alpha value is -2.73. The molecule has 0 fully saturated rings. The summed E-state index contributed by atoms with van der Waals surface area (Å²) in [5.74, 6) is -1.22. The molecule has 0 aliphatic rings. The topological polar surface area (TPSA) is 84.9 Å². The molecule has 6 nitrogen and oxygen atoms in total. The van der Waals surface area contributed by atoms with E-state index in [1.807, 2.05) is 6.92 Å². The molecule has 1 amide bonds. The van der Waals surface area contributed by atoms with Crippen LogP contribution in [0.25, 0.3) is 0 Å². The van der Waals surface area contributed by atoms with Crippen LogP contribution in [0.5, 0.6) is 11.5 Å². The smallest absolute Gasteiger partial charge is 0.342 e. The van der Waals surface area contributed by atoms with Gasteiger partial charge in [0.15, 0.2) is 6.61 Å². The van der Waals surface area contributed by atoms with E-state index in [9.17, 15) is 14.7 Å². The van der Waals surface area contributed by atoms with Crippen LogP contribution in [0.4, 0.5) is 5.69 Å². The van der Waals surface area contributed by atoms with Gasteiger partial charge in [-0.1, -0.05) is 17.7 Å². The van der Waals surface area contributed by atoms with E-state index in [0.29, 0.717) is 16.5 Å². The number of phenolic OH excluding ortho intramolecular Hbond substituents is 1. The van der Waals surface area contributed by atoms with E-state index in [0.717, 1.165) is 5.56 Å². The molecule has 0 aromatic heterocycles. The largest absolute Gasteiger partial charge is 0.507 e. The van der Waals surface area contributed by atoms with Crippen molar-refractivity contribution in [1.82, 2.24) is 0 Å². The van der Waals surface area contributed by atoms with Crippen molar-refractivity contribution < 1.29 is 24.2 Å². The van der Waals surface area contributed by atoms with Crippen LogP contribution in [0.2, 0.25) is 5.02 Å². The number of benzene rings is 2. The van der Waals surface area contributed by atoms with E-state index >= 15 is 0 Å². The highest BCUT2D eigenvalue weighted by Crippen LogP contribution is 2.24. The minimum absolute atomic E-state index is 0.0823. The Bertz CT molecular complexity index is 776. The summed E-state index contributed by atoms with van der Waals surface area (Å²) in [6.07, 6.45) is 0. The Balaban J connectivity index is 1.99. The van der Waals surface area contributed by atoms with Crippen LogP contribution in [0.15, 0.2) is 36.4 Å². The SMILES string of the molecule is COc1ccc(O)c(C(=O)OCC(=O)Nc2cc(Cl)ccc2C)c1. The predicted molar refractivity (Wildman–Crippen MR) is 89.8 cm³/mol. The van der Waals surface area contributed by atoms with Gasteiger partial charge in [-0.3, -0.25) is 4.79 Å². The van der Waals surface area contributed by atoms with Crippen molar-refractivity contribution in [3.8, 4) is 11.5 Å². The van der Waals surface area contributed by atoms with Crippen LogP contribution in [0.1, 0.15) is 15.9 Å². The Labute approximate surface area is 144 Å². The summed E-state index contributed by atoms with van der Waals surface area (Å²) >= 11 is 5.88. The first-order valence-electron chi connectivity index (χ1n) is 7.01. The number of hydrogen-bond acceptors (Lipinski definition) is 5. The van der Waals surface area contributed by atoms with Gasteiger partial charge in [0.2, 0.25) is 0 Å². The molecule has 0 heterocycles. The Morgan fingerprint density at radius 1 is 1.21 bits per heavy atom. The number of halogens is 1. The number of rotatable bonds is 5. The minimum atomic E-state index is -0.829. The number of anilines is 1. The number of carbonyl (C=O) groups is 2. The molecular formula is C17H16ClNO5. The van der Waals surface area contributed by atoms with Gasteiger partial charge < -0.3 is 19.9 Å². The predicted octanol–water partition coefficient (Wildman–Crippen LogP) is 3.16. The molecule has 2 N–H and O–H groups in total. The summed E-state index contributed by atoms with van der Waals surface area (Å²) in [4.78, 5) is 23.9. The van der Waals surface area contributed by atoms with Crippen LogP contribution < -0.4 is 10.1 Å². The number of carbonyl (C=O) groups excluding carboxylic acids is 2. The zero-order valence-electron chi connectivity index (χ0n) is 13.1. The zero-order chi connectivity index (χ0) is 17.7. The summed E-state index contributed by atoms with van der Waals surface area (Å²) in [5.41, 5.74) is 1.28. The number of methoxy groups -OCH3 is 1. The number of aromatic hydroxyl groups is 1. The van der Waals surface area contributed by atoms with Crippen molar-refractivity contribution >= 4 is 29.2 Å². The molecule has 0 spiro atoms. The van der Waals surface area contributed by atoms with Gasteiger partial charge in [0, 0.05) is 10.7 Å². The monoisotopic (exact) mass is 349 g/mol. The Morgan fingerprint density at radius 3 is 2.67 bits per heavy atom. The van der Waals surface area contributed by atoms with E-state index in [-0.39, 0.29) is 11.3 Å². The van der Waals surface area contributed by atoms with Gasteiger partial charge in [0.25, 0.3) is 5.91 Å². The van der Waals surface area contributed by atoms with E-state index < -0.39 is 18.5 Å². The van der Waals surface area contributed by atoms with Crippen molar-refractivity contribution in [2.75, 3.05) is 19.0 Å². The standard InChI is InChI=1S/C17H16ClNO5/c1-10-3-4-11(18)7-14(10)19-16(21)9-24-17(22)13-8-12(23-2)5-6-15(13)20/h3-8,20H,9H2,1-2H3,(H,19,21). The summed E-state index contributed by atoms with van der Waals surface area (Å²) in [5, 5.41) is 12.8. The van der Waals surface area contributed by atoms with Gasteiger partial charge in [-0.25, -0.2) is 4.79 Å². The maximum Gasteiger partial charge on any atom is 0.342 e. The molecule has 2 aromatic rings. The first-order valence-corrected chi connectivity index (χ1v) is 7.38. The third-order valence-corrected chi connectivity index (χ3v) is 3.47. The van der Waals surface area contributed by atoms with Crippen LogP contribution in [0, 0.1) is 6.92 Å². The molecule has 0 atom stereocenters. The lowest BCUT2D eigenvalue weighted by Crippen LogP contribution is -2.21. The van der Waals surface area contributed by atoms with Gasteiger partial charge >= 0.3 is 5.97 Å². The van der Waals surface area contributed by atoms with E-state index in [1.54, 1.807) is 18.2 Å². The summed E-state index contributed by atoms with van der Waals surface area (Å²) in [6, 6.07) is 9.21. The van der Waals surface area contributed by atoms with Gasteiger partial charge in [-0.05, 0) is 42.8 Å². The molecule has 126 valence electrons. The number of amides is 1. The zero-order valence-corrected chi connectivity index (χ0v) is 13.9. The van der Waals surface area contributed by atoms with E-state index in [1.165, 1.54) is 25.3 Å². The first kappa shape index (κ1) is 17.6. The third-order valence-electron chi connectivity index (χ3n) is 3.23. The second kappa shape index (κ2) is 7.70. The van der Waals surface area contributed by atoms with Gasteiger partial charge in [0.05, 0.1) is 7.11 Å². The summed E-state index contributed by atoms with van der Waals surface area (Å²) < 4.78 is 9.89. The fourth-order valence-corrected chi connectivity index (χ4v) is 2.10. The summed E-state index contributed by atoms with van der Waals surface area (Å²) in [6.45, 7) is 1.31. The second-order valence-electron chi connectivity index (χ2n) is 4.97. The number of hydrogen-bond donors (Lipinski definition) is 2. The molecule has 0 aliphatic heterocycles. The maximum atomic E-state index is 12.0. The van der Waals surface area contributed by atoms with Crippen LogP contribution in [-0.4, -0.2) is 30.7 Å². The summed E-state index contributed by atoms with van der Waals surface area (Å²) in [7, 11) is 1.43. The molecule has 0 saturated carbocycles. The van der Waals surface area contributed by atoms with Gasteiger partial charge in [0.1, 0.15) is 17.1 Å². The fraction of sp³-hybridized carbons (Fsp3) is 0.176. The van der Waals surface area contributed by atoms with Crippen molar-refractivity contribution in [3.05, 3.63) is 52.5 Å². The number of esters is 1.